The Labute approximate surface area is 107 Å². The molecule has 0 aliphatic carbocycles. The number of hydrogen-bond donors (Lipinski definition) is 1. The summed E-state index contributed by atoms with van der Waals surface area (Å²) in [6.45, 7) is 8.73. The standard InChI is InChI=1S/C14H30N2O/c1-5-13(6-2)14(16(3)4)10-15-9-12-7-8-17-11-12/h12-15H,5-11H2,1-4H3. The monoisotopic (exact) mass is 242 g/mol. The Morgan fingerprint density at radius 1 is 1.29 bits per heavy atom. The molecule has 1 heterocycles. The highest BCUT2D eigenvalue weighted by Gasteiger charge is 2.21. The Morgan fingerprint density at radius 3 is 2.47 bits per heavy atom. The molecule has 2 atom stereocenters. The molecule has 0 saturated carbocycles. The molecule has 0 radical (unpaired) electrons. The quantitative estimate of drug-likeness (QED) is 0.704. The van der Waals surface area contributed by atoms with Crippen LogP contribution in [0.4, 0.5) is 0 Å². The molecular weight excluding hydrogens is 212 g/mol. The summed E-state index contributed by atoms with van der Waals surface area (Å²) in [5.74, 6) is 1.54. The fourth-order valence-corrected chi connectivity index (χ4v) is 2.78. The first-order chi connectivity index (χ1) is 8.19. The van der Waals surface area contributed by atoms with Crippen LogP contribution in [0.1, 0.15) is 33.1 Å². The van der Waals surface area contributed by atoms with E-state index in [-0.39, 0.29) is 0 Å². The van der Waals surface area contributed by atoms with Gasteiger partial charge in [0.05, 0.1) is 6.61 Å². The molecule has 0 amide bonds. The van der Waals surface area contributed by atoms with Crippen LogP contribution >= 0.6 is 0 Å². The van der Waals surface area contributed by atoms with Crippen LogP contribution in [-0.4, -0.2) is 51.3 Å². The van der Waals surface area contributed by atoms with Crippen LogP contribution in [0, 0.1) is 11.8 Å². The van der Waals surface area contributed by atoms with Crippen molar-refractivity contribution in [2.75, 3.05) is 40.4 Å². The van der Waals surface area contributed by atoms with Gasteiger partial charge in [0.2, 0.25) is 0 Å². The molecule has 0 spiro atoms. The average molecular weight is 242 g/mol. The van der Waals surface area contributed by atoms with Crippen molar-refractivity contribution < 1.29 is 4.74 Å². The Balaban J connectivity index is 2.28. The van der Waals surface area contributed by atoms with Gasteiger partial charge in [-0.15, -0.1) is 0 Å². The SMILES string of the molecule is CCC(CC)C(CNCC1CCOC1)N(C)C. The van der Waals surface area contributed by atoms with Crippen LogP contribution in [0.5, 0.6) is 0 Å². The first-order valence-corrected chi connectivity index (χ1v) is 7.13. The second-order valence-corrected chi connectivity index (χ2v) is 5.50. The van der Waals surface area contributed by atoms with E-state index in [4.69, 9.17) is 4.74 Å². The largest absolute Gasteiger partial charge is 0.381 e. The number of ether oxygens (including phenoxy) is 1. The normalized spacial score (nSPS) is 22.6. The number of rotatable bonds is 8. The van der Waals surface area contributed by atoms with Crippen molar-refractivity contribution in [2.45, 2.75) is 39.2 Å². The fraction of sp³-hybridized carbons (Fsp3) is 1.00. The zero-order valence-corrected chi connectivity index (χ0v) is 12.0. The van der Waals surface area contributed by atoms with Crippen LogP contribution in [0.15, 0.2) is 0 Å². The van der Waals surface area contributed by atoms with Crippen LogP contribution in [0.25, 0.3) is 0 Å². The maximum Gasteiger partial charge on any atom is 0.0507 e. The van der Waals surface area contributed by atoms with Gasteiger partial charge in [-0.25, -0.2) is 0 Å². The van der Waals surface area contributed by atoms with Crippen molar-refractivity contribution in [2.24, 2.45) is 11.8 Å². The van der Waals surface area contributed by atoms with Crippen molar-refractivity contribution >= 4 is 0 Å². The van der Waals surface area contributed by atoms with Gasteiger partial charge in [0.15, 0.2) is 0 Å². The number of nitrogens with one attached hydrogen (secondary N) is 1. The molecule has 17 heavy (non-hydrogen) atoms. The molecule has 2 unspecified atom stereocenters. The second kappa shape index (κ2) is 8.06. The van der Waals surface area contributed by atoms with E-state index in [0.29, 0.717) is 6.04 Å². The van der Waals surface area contributed by atoms with Crippen molar-refractivity contribution in [3.8, 4) is 0 Å². The lowest BCUT2D eigenvalue weighted by molar-refractivity contribution is 0.178. The Kier molecular flexibility index (Phi) is 7.09. The molecule has 102 valence electrons. The van der Waals surface area contributed by atoms with E-state index >= 15 is 0 Å². The third-order valence-corrected chi connectivity index (χ3v) is 4.07. The molecule has 1 rings (SSSR count). The molecule has 1 aliphatic rings. The predicted molar refractivity (Wildman–Crippen MR) is 73.3 cm³/mol. The van der Waals surface area contributed by atoms with Crippen molar-refractivity contribution in [3.63, 3.8) is 0 Å². The zero-order valence-electron chi connectivity index (χ0n) is 12.0. The number of nitrogens with zero attached hydrogens (tertiary/aromatic N) is 1. The summed E-state index contributed by atoms with van der Waals surface area (Å²) in [7, 11) is 4.40. The lowest BCUT2D eigenvalue weighted by Gasteiger charge is -2.32. The van der Waals surface area contributed by atoms with Crippen LogP contribution < -0.4 is 5.32 Å². The highest BCUT2D eigenvalue weighted by molar-refractivity contribution is 4.78. The summed E-state index contributed by atoms with van der Waals surface area (Å²) >= 11 is 0. The summed E-state index contributed by atoms with van der Waals surface area (Å²) in [4.78, 5) is 2.37. The molecule has 1 aliphatic heterocycles. The Morgan fingerprint density at radius 2 is 2.00 bits per heavy atom. The minimum absolute atomic E-state index is 0.660. The van der Waals surface area contributed by atoms with Crippen molar-refractivity contribution in [1.82, 2.24) is 10.2 Å². The molecule has 0 aromatic carbocycles. The van der Waals surface area contributed by atoms with Gasteiger partial charge in [0.25, 0.3) is 0 Å². The smallest absolute Gasteiger partial charge is 0.0507 e. The lowest BCUT2D eigenvalue weighted by Crippen LogP contribution is -2.44. The Hall–Kier alpha value is -0.120. The van der Waals surface area contributed by atoms with Gasteiger partial charge in [-0.1, -0.05) is 26.7 Å². The minimum Gasteiger partial charge on any atom is -0.381 e. The molecule has 0 aromatic heterocycles. The van der Waals surface area contributed by atoms with Gasteiger partial charge in [-0.3, -0.25) is 0 Å². The number of hydrogen-bond acceptors (Lipinski definition) is 3. The van der Waals surface area contributed by atoms with Crippen LogP contribution in [0.3, 0.4) is 0 Å². The second-order valence-electron chi connectivity index (χ2n) is 5.50. The van der Waals surface area contributed by atoms with E-state index in [1.54, 1.807) is 0 Å². The highest BCUT2D eigenvalue weighted by Crippen LogP contribution is 2.17. The van der Waals surface area contributed by atoms with Gasteiger partial charge in [0.1, 0.15) is 0 Å². The van der Waals surface area contributed by atoms with Gasteiger partial charge in [0, 0.05) is 25.7 Å². The van der Waals surface area contributed by atoms with Crippen LogP contribution in [0.2, 0.25) is 0 Å². The molecule has 3 heteroatoms. The first-order valence-electron chi connectivity index (χ1n) is 7.13. The summed E-state index contributed by atoms with van der Waals surface area (Å²) in [6.07, 6.45) is 3.77. The van der Waals surface area contributed by atoms with E-state index in [2.05, 4.69) is 38.2 Å². The predicted octanol–water partition coefficient (Wildman–Crippen LogP) is 1.98. The summed E-state index contributed by atoms with van der Waals surface area (Å²) in [6, 6.07) is 0.660. The maximum absolute atomic E-state index is 5.40. The first kappa shape index (κ1) is 14.9. The third kappa shape index (κ3) is 4.94. The molecule has 3 nitrogen and oxygen atoms in total. The molecule has 0 aromatic rings. The molecule has 1 saturated heterocycles. The van der Waals surface area contributed by atoms with E-state index in [1.165, 1.54) is 19.3 Å². The van der Waals surface area contributed by atoms with Crippen LogP contribution in [-0.2, 0) is 4.74 Å². The summed E-state index contributed by atoms with van der Waals surface area (Å²) in [5.41, 5.74) is 0. The van der Waals surface area contributed by atoms with Gasteiger partial charge in [-0.2, -0.15) is 0 Å². The zero-order chi connectivity index (χ0) is 12.7. The molecular formula is C14H30N2O. The highest BCUT2D eigenvalue weighted by atomic mass is 16.5. The molecule has 0 bridgehead atoms. The topological polar surface area (TPSA) is 24.5 Å². The van der Waals surface area contributed by atoms with Crippen molar-refractivity contribution in [3.05, 3.63) is 0 Å². The van der Waals surface area contributed by atoms with Gasteiger partial charge >= 0.3 is 0 Å². The summed E-state index contributed by atoms with van der Waals surface area (Å²) < 4.78 is 5.40. The van der Waals surface area contributed by atoms with E-state index in [9.17, 15) is 0 Å². The lowest BCUT2D eigenvalue weighted by atomic mass is 9.93. The Bertz CT molecular complexity index is 187. The molecule has 1 fully saturated rings. The number of likely N-dealkylation sites (N-methyl/N-ethyl adjacent to an activating group) is 1. The van der Waals surface area contributed by atoms with Crippen molar-refractivity contribution in [1.29, 1.82) is 0 Å². The third-order valence-electron chi connectivity index (χ3n) is 4.07. The minimum atomic E-state index is 0.660. The fourth-order valence-electron chi connectivity index (χ4n) is 2.78. The molecule has 1 N–H and O–H groups in total. The van der Waals surface area contributed by atoms with E-state index in [0.717, 1.165) is 38.1 Å². The maximum atomic E-state index is 5.40. The van der Waals surface area contributed by atoms with Gasteiger partial charge < -0.3 is 15.0 Å². The van der Waals surface area contributed by atoms with E-state index in [1.807, 2.05) is 0 Å². The average Bonchev–Trinajstić information content (AvgIpc) is 2.81. The van der Waals surface area contributed by atoms with Gasteiger partial charge in [-0.05, 0) is 32.4 Å². The summed E-state index contributed by atoms with van der Waals surface area (Å²) in [5, 5.41) is 3.64. The van der Waals surface area contributed by atoms with E-state index < -0.39 is 0 Å².